The van der Waals surface area contributed by atoms with E-state index in [4.69, 9.17) is 5.11 Å². The standard InChI is InChI=1S/C14H16BrN3O2S/c1-4-11-16-17-14(21-7-12(19)20)18(11)13-9(3)5-8(2)6-10(13)15/h5-6H,4,7H2,1-3H3,(H,19,20). The first-order chi connectivity index (χ1) is 9.93. The van der Waals surface area contributed by atoms with Gasteiger partial charge in [-0.2, -0.15) is 0 Å². The Balaban J connectivity index is 2.56. The molecule has 1 aromatic carbocycles. The lowest BCUT2D eigenvalue weighted by Crippen LogP contribution is -2.07. The molecule has 0 aliphatic rings. The van der Waals surface area contributed by atoms with E-state index in [2.05, 4.69) is 32.2 Å². The molecule has 0 radical (unpaired) electrons. The van der Waals surface area contributed by atoms with Gasteiger partial charge in [0.15, 0.2) is 5.16 Å². The highest BCUT2D eigenvalue weighted by Crippen LogP contribution is 2.31. The summed E-state index contributed by atoms with van der Waals surface area (Å²) in [5, 5.41) is 17.8. The Morgan fingerprint density at radius 1 is 1.38 bits per heavy atom. The zero-order valence-corrected chi connectivity index (χ0v) is 14.5. The molecule has 7 heteroatoms. The third kappa shape index (κ3) is 3.47. The van der Waals surface area contributed by atoms with E-state index in [1.807, 2.05) is 31.4 Å². The lowest BCUT2D eigenvalue weighted by atomic mass is 10.1. The lowest BCUT2D eigenvalue weighted by Gasteiger charge is -2.14. The van der Waals surface area contributed by atoms with Crippen LogP contribution in [0.5, 0.6) is 0 Å². The molecule has 112 valence electrons. The summed E-state index contributed by atoms with van der Waals surface area (Å²) in [6.07, 6.45) is 0.723. The quantitative estimate of drug-likeness (QED) is 0.818. The van der Waals surface area contributed by atoms with Crippen molar-refractivity contribution < 1.29 is 9.90 Å². The smallest absolute Gasteiger partial charge is 0.313 e. The van der Waals surface area contributed by atoms with E-state index in [0.717, 1.165) is 33.5 Å². The maximum absolute atomic E-state index is 10.8. The van der Waals surface area contributed by atoms with Gasteiger partial charge >= 0.3 is 5.97 Å². The highest BCUT2D eigenvalue weighted by molar-refractivity contribution is 9.10. The lowest BCUT2D eigenvalue weighted by molar-refractivity contribution is -0.133. The summed E-state index contributed by atoms with van der Waals surface area (Å²) in [6.45, 7) is 6.07. The number of carboxylic acids is 1. The summed E-state index contributed by atoms with van der Waals surface area (Å²) in [7, 11) is 0. The molecule has 1 aromatic heterocycles. The summed E-state index contributed by atoms with van der Waals surface area (Å²) in [6, 6.07) is 4.12. The fourth-order valence-corrected chi connectivity index (χ4v) is 3.69. The summed E-state index contributed by atoms with van der Waals surface area (Å²) < 4.78 is 2.89. The number of aryl methyl sites for hydroxylation is 3. The SMILES string of the molecule is CCc1nnc(SCC(=O)O)n1-c1c(C)cc(C)cc1Br. The molecular formula is C14H16BrN3O2S. The van der Waals surface area contributed by atoms with Crippen molar-refractivity contribution in [3.63, 3.8) is 0 Å². The number of thioether (sulfide) groups is 1. The van der Waals surface area contributed by atoms with Crippen molar-refractivity contribution in [1.29, 1.82) is 0 Å². The highest BCUT2D eigenvalue weighted by Gasteiger charge is 2.18. The highest BCUT2D eigenvalue weighted by atomic mass is 79.9. The molecule has 1 N–H and O–H groups in total. The number of carbonyl (C=O) groups is 1. The molecule has 0 aliphatic heterocycles. The topological polar surface area (TPSA) is 68.0 Å². The van der Waals surface area contributed by atoms with E-state index < -0.39 is 5.97 Å². The Bertz CT molecular complexity index is 662. The second kappa shape index (κ2) is 6.62. The van der Waals surface area contributed by atoms with Crippen LogP contribution in [0.2, 0.25) is 0 Å². The van der Waals surface area contributed by atoms with Crippen molar-refractivity contribution in [3.8, 4) is 5.69 Å². The number of aliphatic carboxylic acids is 1. The number of hydrogen-bond donors (Lipinski definition) is 1. The average molecular weight is 370 g/mol. The molecule has 0 aliphatic carbocycles. The molecule has 0 atom stereocenters. The van der Waals surface area contributed by atoms with Gasteiger partial charge in [0.25, 0.3) is 0 Å². The Hall–Kier alpha value is -1.34. The predicted molar refractivity (Wildman–Crippen MR) is 86.3 cm³/mol. The largest absolute Gasteiger partial charge is 0.481 e. The Morgan fingerprint density at radius 3 is 2.67 bits per heavy atom. The second-order valence-electron chi connectivity index (χ2n) is 4.68. The van der Waals surface area contributed by atoms with Crippen LogP contribution in [0, 0.1) is 13.8 Å². The molecule has 0 saturated heterocycles. The van der Waals surface area contributed by atoms with Crippen LogP contribution in [-0.2, 0) is 11.2 Å². The van der Waals surface area contributed by atoms with Crippen LogP contribution >= 0.6 is 27.7 Å². The molecule has 0 unspecified atom stereocenters. The van der Waals surface area contributed by atoms with Crippen LogP contribution in [0.3, 0.4) is 0 Å². The van der Waals surface area contributed by atoms with Gasteiger partial charge in [0.1, 0.15) is 5.82 Å². The molecule has 0 amide bonds. The third-order valence-electron chi connectivity index (χ3n) is 2.96. The predicted octanol–water partition coefficient (Wildman–Crippen LogP) is 3.39. The first-order valence-corrected chi connectivity index (χ1v) is 8.28. The van der Waals surface area contributed by atoms with E-state index in [0.29, 0.717) is 5.16 Å². The molecule has 0 fully saturated rings. The van der Waals surface area contributed by atoms with Gasteiger partial charge in [-0.25, -0.2) is 0 Å². The Labute approximate surface area is 135 Å². The van der Waals surface area contributed by atoms with Crippen molar-refractivity contribution in [2.24, 2.45) is 0 Å². The molecule has 1 heterocycles. The number of halogens is 1. The molecule has 0 bridgehead atoms. The van der Waals surface area contributed by atoms with E-state index in [9.17, 15) is 4.79 Å². The van der Waals surface area contributed by atoms with Crippen LogP contribution in [0.15, 0.2) is 21.8 Å². The molecule has 2 aromatic rings. The first kappa shape index (κ1) is 16.0. The monoisotopic (exact) mass is 369 g/mol. The van der Waals surface area contributed by atoms with Gasteiger partial charge in [-0.15, -0.1) is 10.2 Å². The van der Waals surface area contributed by atoms with Gasteiger partial charge in [-0.1, -0.05) is 24.8 Å². The number of hydrogen-bond acceptors (Lipinski definition) is 4. The average Bonchev–Trinajstić information content (AvgIpc) is 2.78. The number of carboxylic acid groups (broad SMARTS) is 1. The van der Waals surface area contributed by atoms with Gasteiger partial charge in [0.05, 0.1) is 11.4 Å². The minimum atomic E-state index is -0.868. The molecule has 21 heavy (non-hydrogen) atoms. The maximum Gasteiger partial charge on any atom is 0.313 e. The zero-order chi connectivity index (χ0) is 15.6. The maximum atomic E-state index is 10.8. The fourth-order valence-electron chi connectivity index (χ4n) is 2.16. The molecule has 5 nitrogen and oxygen atoms in total. The minimum Gasteiger partial charge on any atom is -0.481 e. The molecule has 0 spiro atoms. The van der Waals surface area contributed by atoms with Crippen LogP contribution in [-0.4, -0.2) is 31.6 Å². The van der Waals surface area contributed by atoms with Gasteiger partial charge in [-0.3, -0.25) is 9.36 Å². The zero-order valence-electron chi connectivity index (χ0n) is 12.1. The van der Waals surface area contributed by atoms with Crippen molar-refractivity contribution in [2.45, 2.75) is 32.3 Å². The van der Waals surface area contributed by atoms with Crippen LogP contribution in [0.4, 0.5) is 0 Å². The number of nitrogens with zero attached hydrogens (tertiary/aromatic N) is 3. The Morgan fingerprint density at radius 2 is 2.10 bits per heavy atom. The van der Waals surface area contributed by atoms with Crippen molar-refractivity contribution in [3.05, 3.63) is 33.6 Å². The van der Waals surface area contributed by atoms with E-state index in [1.165, 1.54) is 11.8 Å². The second-order valence-corrected chi connectivity index (χ2v) is 6.48. The Kier molecular flexibility index (Phi) is 5.05. The molecular weight excluding hydrogens is 354 g/mol. The number of rotatable bonds is 5. The normalized spacial score (nSPS) is 10.9. The van der Waals surface area contributed by atoms with Gasteiger partial charge in [0.2, 0.25) is 0 Å². The van der Waals surface area contributed by atoms with Crippen molar-refractivity contribution in [2.75, 3.05) is 5.75 Å². The van der Waals surface area contributed by atoms with Crippen molar-refractivity contribution in [1.82, 2.24) is 14.8 Å². The van der Waals surface area contributed by atoms with Crippen molar-refractivity contribution >= 4 is 33.7 Å². The minimum absolute atomic E-state index is 0.0373. The fraction of sp³-hybridized carbons (Fsp3) is 0.357. The summed E-state index contributed by atoms with van der Waals surface area (Å²) in [4.78, 5) is 10.8. The van der Waals surface area contributed by atoms with E-state index in [-0.39, 0.29) is 5.75 Å². The van der Waals surface area contributed by atoms with Crippen LogP contribution in [0.1, 0.15) is 23.9 Å². The number of benzene rings is 1. The molecule has 0 saturated carbocycles. The summed E-state index contributed by atoms with van der Waals surface area (Å²) in [5.74, 6) is -0.0903. The van der Waals surface area contributed by atoms with Crippen LogP contribution in [0.25, 0.3) is 5.69 Å². The first-order valence-electron chi connectivity index (χ1n) is 6.50. The van der Waals surface area contributed by atoms with Gasteiger partial charge < -0.3 is 5.11 Å². The van der Waals surface area contributed by atoms with E-state index >= 15 is 0 Å². The molecule has 2 rings (SSSR count). The number of aromatic nitrogens is 3. The third-order valence-corrected chi connectivity index (χ3v) is 4.48. The summed E-state index contributed by atoms with van der Waals surface area (Å²) >= 11 is 4.77. The van der Waals surface area contributed by atoms with E-state index in [1.54, 1.807) is 0 Å². The summed E-state index contributed by atoms with van der Waals surface area (Å²) in [5.41, 5.74) is 3.22. The van der Waals surface area contributed by atoms with Crippen LogP contribution < -0.4 is 0 Å². The van der Waals surface area contributed by atoms with Gasteiger partial charge in [-0.05, 0) is 47.0 Å². The van der Waals surface area contributed by atoms with Gasteiger partial charge in [0, 0.05) is 10.9 Å².